The molecule has 2 heterocycles. The molecular formula is C15H16FNOS. The van der Waals surface area contributed by atoms with Crippen LogP contribution in [-0.4, -0.2) is 11.7 Å². The lowest BCUT2D eigenvalue weighted by atomic mass is 10.1. The fraction of sp³-hybridized carbons (Fsp3) is 0.333. The fourth-order valence-electron chi connectivity index (χ4n) is 2.45. The molecule has 1 aliphatic heterocycles. The molecule has 4 heteroatoms. The van der Waals surface area contributed by atoms with Gasteiger partial charge in [-0.05, 0) is 38.0 Å². The summed E-state index contributed by atoms with van der Waals surface area (Å²) in [5.41, 5.74) is 1.85. The molecule has 100 valence electrons. The zero-order valence-corrected chi connectivity index (χ0v) is 11.8. The Hall–Kier alpha value is -1.39. The van der Waals surface area contributed by atoms with Crippen LogP contribution in [0.4, 0.5) is 15.8 Å². The first-order valence-electron chi connectivity index (χ1n) is 6.33. The van der Waals surface area contributed by atoms with Gasteiger partial charge in [-0.25, -0.2) is 4.39 Å². The Morgan fingerprint density at radius 2 is 2.16 bits per heavy atom. The smallest absolute Gasteiger partial charge is 0.147 e. The van der Waals surface area contributed by atoms with E-state index in [4.69, 9.17) is 0 Å². The Balaban J connectivity index is 2.00. The molecular weight excluding hydrogens is 261 g/mol. The maximum absolute atomic E-state index is 14.0. The molecule has 1 aromatic carbocycles. The molecule has 19 heavy (non-hydrogen) atoms. The molecule has 1 aliphatic rings. The second-order valence-electron chi connectivity index (χ2n) is 5.38. The van der Waals surface area contributed by atoms with Gasteiger partial charge >= 0.3 is 0 Å². The molecule has 3 rings (SSSR count). The van der Waals surface area contributed by atoms with E-state index in [1.165, 1.54) is 17.4 Å². The van der Waals surface area contributed by atoms with Crippen LogP contribution < -0.4 is 4.90 Å². The number of aliphatic hydroxyl groups is 1. The van der Waals surface area contributed by atoms with Gasteiger partial charge in [0.2, 0.25) is 0 Å². The zero-order chi connectivity index (χ0) is 13.6. The van der Waals surface area contributed by atoms with Crippen LogP contribution in [0.2, 0.25) is 0 Å². The number of rotatable bonds is 2. The summed E-state index contributed by atoms with van der Waals surface area (Å²) in [7, 11) is 0. The lowest BCUT2D eigenvalue weighted by Gasteiger charge is -2.19. The van der Waals surface area contributed by atoms with Gasteiger partial charge in [0, 0.05) is 16.8 Å². The number of hydrogen-bond acceptors (Lipinski definition) is 3. The van der Waals surface area contributed by atoms with Gasteiger partial charge in [-0.15, -0.1) is 11.3 Å². The maximum atomic E-state index is 14.0. The molecule has 0 saturated carbocycles. The zero-order valence-electron chi connectivity index (χ0n) is 11.0. The third kappa shape index (κ3) is 2.15. The van der Waals surface area contributed by atoms with Crippen LogP contribution >= 0.6 is 11.3 Å². The number of benzene rings is 1. The first-order chi connectivity index (χ1) is 8.97. The number of halogens is 1. The largest absolute Gasteiger partial charge is 0.385 e. The maximum Gasteiger partial charge on any atom is 0.147 e. The van der Waals surface area contributed by atoms with Crippen LogP contribution in [0.3, 0.4) is 0 Å². The van der Waals surface area contributed by atoms with Crippen molar-refractivity contribution in [3.05, 3.63) is 45.9 Å². The molecule has 0 amide bonds. The molecule has 1 N–H and O–H groups in total. The highest BCUT2D eigenvalue weighted by molar-refractivity contribution is 7.10. The van der Waals surface area contributed by atoms with E-state index < -0.39 is 5.60 Å². The molecule has 0 atom stereocenters. The Labute approximate surface area is 116 Å². The second-order valence-corrected chi connectivity index (χ2v) is 6.29. The van der Waals surface area contributed by atoms with Gasteiger partial charge in [0.15, 0.2) is 0 Å². The van der Waals surface area contributed by atoms with Crippen LogP contribution in [0.5, 0.6) is 0 Å². The first kappa shape index (κ1) is 12.6. The van der Waals surface area contributed by atoms with Gasteiger partial charge in [-0.1, -0.05) is 12.1 Å². The standard InChI is InChI=1S/C15H16FNOS/c1-15(2,18)13-8-11(9-19-13)17-7-6-10-4-3-5-12(16)14(10)17/h3-5,8-9,18H,6-7H2,1-2H3. The molecule has 2 nitrogen and oxygen atoms in total. The number of thiophene rings is 1. The molecule has 1 aromatic heterocycles. The number of nitrogens with zero attached hydrogens (tertiary/aromatic N) is 1. The molecule has 0 bridgehead atoms. The average Bonchev–Trinajstić information content (AvgIpc) is 2.93. The fourth-order valence-corrected chi connectivity index (χ4v) is 3.38. The number of anilines is 2. The van der Waals surface area contributed by atoms with E-state index >= 15 is 0 Å². The Kier molecular flexibility index (Phi) is 2.87. The summed E-state index contributed by atoms with van der Waals surface area (Å²) in [4.78, 5) is 2.89. The minimum absolute atomic E-state index is 0.175. The summed E-state index contributed by atoms with van der Waals surface area (Å²) < 4.78 is 14.0. The van der Waals surface area contributed by atoms with Crippen molar-refractivity contribution in [2.75, 3.05) is 11.4 Å². The minimum atomic E-state index is -0.847. The van der Waals surface area contributed by atoms with Gasteiger partial charge in [0.05, 0.1) is 17.0 Å². The van der Waals surface area contributed by atoms with Crippen molar-refractivity contribution >= 4 is 22.7 Å². The number of hydrogen-bond donors (Lipinski definition) is 1. The highest BCUT2D eigenvalue weighted by atomic mass is 32.1. The molecule has 0 fully saturated rings. The lowest BCUT2D eigenvalue weighted by Crippen LogP contribution is -2.15. The predicted molar refractivity (Wildman–Crippen MR) is 76.7 cm³/mol. The molecule has 2 aromatic rings. The monoisotopic (exact) mass is 277 g/mol. The number of fused-ring (bicyclic) bond motifs is 1. The first-order valence-corrected chi connectivity index (χ1v) is 7.21. The van der Waals surface area contributed by atoms with E-state index in [1.807, 2.05) is 22.4 Å². The lowest BCUT2D eigenvalue weighted by molar-refractivity contribution is 0.0826. The SMILES string of the molecule is CC(C)(O)c1cc(N2CCc3cccc(F)c32)cs1. The normalized spacial score (nSPS) is 14.8. The van der Waals surface area contributed by atoms with E-state index in [1.54, 1.807) is 19.9 Å². The minimum Gasteiger partial charge on any atom is -0.385 e. The second kappa shape index (κ2) is 4.32. The van der Waals surface area contributed by atoms with Crippen molar-refractivity contribution in [2.24, 2.45) is 0 Å². The van der Waals surface area contributed by atoms with Crippen molar-refractivity contribution in [1.29, 1.82) is 0 Å². The quantitative estimate of drug-likeness (QED) is 0.902. The summed E-state index contributed by atoms with van der Waals surface area (Å²) in [5.74, 6) is -0.175. The van der Waals surface area contributed by atoms with Gasteiger partial charge in [0.25, 0.3) is 0 Å². The topological polar surface area (TPSA) is 23.5 Å². The Bertz CT molecular complexity index is 615. The van der Waals surface area contributed by atoms with Gasteiger partial charge in [-0.3, -0.25) is 0 Å². The Morgan fingerprint density at radius 1 is 1.37 bits per heavy atom. The third-order valence-electron chi connectivity index (χ3n) is 3.45. The highest BCUT2D eigenvalue weighted by Gasteiger charge is 2.26. The summed E-state index contributed by atoms with van der Waals surface area (Å²) in [6, 6.07) is 7.18. The van der Waals surface area contributed by atoms with E-state index in [2.05, 4.69) is 0 Å². The third-order valence-corrected chi connectivity index (χ3v) is 4.68. The van der Waals surface area contributed by atoms with Crippen molar-refractivity contribution in [3.63, 3.8) is 0 Å². The number of para-hydroxylation sites is 1. The van der Waals surface area contributed by atoms with Crippen LogP contribution in [0.1, 0.15) is 24.3 Å². The summed E-state index contributed by atoms with van der Waals surface area (Å²) in [6.07, 6.45) is 0.862. The average molecular weight is 277 g/mol. The van der Waals surface area contributed by atoms with E-state index in [-0.39, 0.29) is 5.82 Å². The summed E-state index contributed by atoms with van der Waals surface area (Å²) in [6.45, 7) is 4.32. The Morgan fingerprint density at radius 3 is 2.84 bits per heavy atom. The van der Waals surface area contributed by atoms with E-state index in [0.29, 0.717) is 5.69 Å². The molecule has 0 saturated heterocycles. The van der Waals surface area contributed by atoms with Crippen LogP contribution in [0, 0.1) is 5.82 Å². The predicted octanol–water partition coefficient (Wildman–Crippen LogP) is 3.81. The van der Waals surface area contributed by atoms with Crippen LogP contribution in [-0.2, 0) is 12.0 Å². The van der Waals surface area contributed by atoms with Crippen LogP contribution in [0.15, 0.2) is 29.6 Å². The van der Waals surface area contributed by atoms with Gasteiger partial charge in [0.1, 0.15) is 5.82 Å². The summed E-state index contributed by atoms with van der Waals surface area (Å²) >= 11 is 1.51. The molecule has 0 radical (unpaired) electrons. The molecule has 0 unspecified atom stereocenters. The van der Waals surface area contributed by atoms with Crippen LogP contribution in [0.25, 0.3) is 0 Å². The van der Waals surface area contributed by atoms with Gasteiger partial charge in [-0.2, -0.15) is 0 Å². The van der Waals surface area contributed by atoms with Crippen molar-refractivity contribution in [2.45, 2.75) is 25.9 Å². The van der Waals surface area contributed by atoms with Gasteiger partial charge < -0.3 is 10.0 Å². The van der Waals surface area contributed by atoms with Crippen molar-refractivity contribution in [1.82, 2.24) is 0 Å². The summed E-state index contributed by atoms with van der Waals surface area (Å²) in [5, 5.41) is 12.0. The van der Waals surface area contributed by atoms with Crippen molar-refractivity contribution < 1.29 is 9.50 Å². The molecule has 0 aliphatic carbocycles. The van der Waals surface area contributed by atoms with E-state index in [0.717, 1.165) is 29.1 Å². The van der Waals surface area contributed by atoms with Crippen molar-refractivity contribution in [3.8, 4) is 0 Å². The molecule has 0 spiro atoms. The highest BCUT2D eigenvalue weighted by Crippen LogP contribution is 2.40. The van der Waals surface area contributed by atoms with E-state index in [9.17, 15) is 9.50 Å².